The number of aromatic amines is 1. The minimum absolute atomic E-state index is 0.0766. The van der Waals surface area contributed by atoms with Gasteiger partial charge in [-0.1, -0.05) is 6.92 Å². The highest BCUT2D eigenvalue weighted by Gasteiger charge is 2.31. The van der Waals surface area contributed by atoms with Crippen molar-refractivity contribution in [1.82, 2.24) is 15.1 Å². The Balaban J connectivity index is 1.50. The van der Waals surface area contributed by atoms with Crippen LogP contribution in [0.25, 0.3) is 0 Å². The molecule has 2 fully saturated rings. The number of nitrogens with zero attached hydrogens (tertiary/aromatic N) is 2. The zero-order valence-corrected chi connectivity index (χ0v) is 14.4. The quantitative estimate of drug-likeness (QED) is 0.927. The van der Waals surface area contributed by atoms with Gasteiger partial charge in [0.15, 0.2) is 0 Å². The maximum absolute atomic E-state index is 5.85. The van der Waals surface area contributed by atoms with Gasteiger partial charge in [-0.2, -0.15) is 5.10 Å². The standard InChI is InChI=1S/C18H31N3O/c1-4-15-12-19-20-17(15)16-5-8-21(9-6-16)13-14-7-10-22-18(2,3)11-14/h12,14,16H,4-11,13H2,1-3H3,(H,19,20). The molecule has 0 radical (unpaired) electrons. The van der Waals surface area contributed by atoms with Crippen LogP contribution in [0.15, 0.2) is 6.20 Å². The van der Waals surface area contributed by atoms with Crippen LogP contribution >= 0.6 is 0 Å². The van der Waals surface area contributed by atoms with Gasteiger partial charge in [0.05, 0.1) is 11.8 Å². The Morgan fingerprint density at radius 2 is 2.09 bits per heavy atom. The van der Waals surface area contributed by atoms with Gasteiger partial charge < -0.3 is 9.64 Å². The van der Waals surface area contributed by atoms with Crippen molar-refractivity contribution < 1.29 is 4.74 Å². The number of aromatic nitrogens is 2. The molecular formula is C18H31N3O. The van der Waals surface area contributed by atoms with Crippen molar-refractivity contribution in [3.63, 3.8) is 0 Å². The molecule has 2 saturated heterocycles. The van der Waals surface area contributed by atoms with Crippen molar-refractivity contribution in [2.24, 2.45) is 5.92 Å². The Morgan fingerprint density at radius 3 is 2.77 bits per heavy atom. The van der Waals surface area contributed by atoms with Crippen LogP contribution in [0.2, 0.25) is 0 Å². The number of likely N-dealkylation sites (tertiary alicyclic amines) is 1. The number of ether oxygens (including phenoxy) is 1. The highest BCUT2D eigenvalue weighted by atomic mass is 16.5. The lowest BCUT2D eigenvalue weighted by molar-refractivity contribution is -0.0775. The van der Waals surface area contributed by atoms with Crippen molar-refractivity contribution in [2.75, 3.05) is 26.2 Å². The third-order valence-corrected chi connectivity index (χ3v) is 5.44. The molecular weight excluding hydrogens is 274 g/mol. The summed E-state index contributed by atoms with van der Waals surface area (Å²) in [6, 6.07) is 0. The number of piperidine rings is 1. The normalized spacial score (nSPS) is 27.1. The van der Waals surface area contributed by atoms with E-state index in [1.807, 2.05) is 6.20 Å². The van der Waals surface area contributed by atoms with E-state index in [4.69, 9.17) is 4.74 Å². The van der Waals surface area contributed by atoms with E-state index in [1.165, 1.54) is 56.6 Å². The van der Waals surface area contributed by atoms with Crippen LogP contribution in [0.4, 0.5) is 0 Å². The maximum Gasteiger partial charge on any atom is 0.0629 e. The lowest BCUT2D eigenvalue weighted by Gasteiger charge is -2.39. The van der Waals surface area contributed by atoms with Crippen molar-refractivity contribution >= 4 is 0 Å². The van der Waals surface area contributed by atoms with Gasteiger partial charge in [0.1, 0.15) is 0 Å². The fraction of sp³-hybridized carbons (Fsp3) is 0.833. The molecule has 3 rings (SSSR count). The third-order valence-electron chi connectivity index (χ3n) is 5.44. The van der Waals surface area contributed by atoms with Crippen molar-refractivity contribution in [1.29, 1.82) is 0 Å². The Labute approximate surface area is 134 Å². The molecule has 3 heterocycles. The van der Waals surface area contributed by atoms with Crippen LogP contribution in [-0.4, -0.2) is 46.9 Å². The van der Waals surface area contributed by atoms with E-state index in [1.54, 1.807) is 0 Å². The predicted octanol–water partition coefficient (Wildman–Crippen LogP) is 3.36. The summed E-state index contributed by atoms with van der Waals surface area (Å²) in [6.07, 6.45) is 8.05. The minimum Gasteiger partial charge on any atom is -0.376 e. The van der Waals surface area contributed by atoms with Crippen LogP contribution in [-0.2, 0) is 11.2 Å². The van der Waals surface area contributed by atoms with Gasteiger partial charge >= 0.3 is 0 Å². The second-order valence-electron chi connectivity index (χ2n) is 7.70. The van der Waals surface area contributed by atoms with Gasteiger partial charge in [-0.05, 0) is 70.5 Å². The molecule has 0 bridgehead atoms. The molecule has 4 heteroatoms. The van der Waals surface area contributed by atoms with Gasteiger partial charge in [-0.25, -0.2) is 0 Å². The number of hydrogen-bond acceptors (Lipinski definition) is 3. The Morgan fingerprint density at radius 1 is 1.32 bits per heavy atom. The summed E-state index contributed by atoms with van der Waals surface area (Å²) >= 11 is 0. The molecule has 2 aliphatic heterocycles. The molecule has 0 saturated carbocycles. The van der Waals surface area contributed by atoms with Gasteiger partial charge in [0.2, 0.25) is 0 Å². The van der Waals surface area contributed by atoms with E-state index in [2.05, 4.69) is 35.9 Å². The van der Waals surface area contributed by atoms with Crippen molar-refractivity contribution in [3.8, 4) is 0 Å². The van der Waals surface area contributed by atoms with Crippen LogP contribution < -0.4 is 0 Å². The molecule has 4 nitrogen and oxygen atoms in total. The lowest BCUT2D eigenvalue weighted by atomic mass is 9.86. The number of rotatable bonds is 4. The summed E-state index contributed by atoms with van der Waals surface area (Å²) in [5.41, 5.74) is 2.88. The summed E-state index contributed by atoms with van der Waals surface area (Å²) in [5.74, 6) is 1.48. The largest absolute Gasteiger partial charge is 0.376 e. The van der Waals surface area contributed by atoms with Crippen molar-refractivity contribution in [3.05, 3.63) is 17.5 Å². The number of aryl methyl sites for hydroxylation is 1. The first-order chi connectivity index (χ1) is 10.6. The minimum atomic E-state index is 0.0766. The molecule has 1 aromatic heterocycles. The molecule has 0 aliphatic carbocycles. The molecule has 124 valence electrons. The molecule has 0 aromatic carbocycles. The van der Waals surface area contributed by atoms with Gasteiger partial charge in [0, 0.05) is 24.8 Å². The summed E-state index contributed by atoms with van der Waals surface area (Å²) in [6.45, 7) is 11.3. The Kier molecular flexibility index (Phi) is 4.88. The maximum atomic E-state index is 5.85. The predicted molar refractivity (Wildman–Crippen MR) is 89.1 cm³/mol. The molecule has 1 aromatic rings. The summed E-state index contributed by atoms with van der Waals surface area (Å²) in [5, 5.41) is 7.49. The van der Waals surface area contributed by atoms with Crippen LogP contribution in [0.5, 0.6) is 0 Å². The Hall–Kier alpha value is -0.870. The summed E-state index contributed by atoms with van der Waals surface area (Å²) in [7, 11) is 0. The van der Waals surface area contributed by atoms with E-state index in [0.717, 1.165) is 18.9 Å². The monoisotopic (exact) mass is 305 g/mol. The second kappa shape index (κ2) is 6.71. The number of nitrogens with one attached hydrogen (secondary N) is 1. The molecule has 1 atom stereocenters. The molecule has 1 N–H and O–H groups in total. The Bertz CT molecular complexity index is 474. The molecule has 2 aliphatic rings. The van der Waals surface area contributed by atoms with Crippen LogP contribution in [0, 0.1) is 5.92 Å². The van der Waals surface area contributed by atoms with E-state index < -0.39 is 0 Å². The molecule has 1 unspecified atom stereocenters. The summed E-state index contributed by atoms with van der Waals surface area (Å²) in [4.78, 5) is 2.67. The number of H-pyrrole nitrogens is 1. The zero-order chi connectivity index (χ0) is 15.6. The second-order valence-corrected chi connectivity index (χ2v) is 7.70. The SMILES string of the molecule is CCc1cn[nH]c1C1CCN(CC2CCOC(C)(C)C2)CC1. The molecule has 0 amide bonds. The van der Waals surface area contributed by atoms with Gasteiger partial charge in [-0.15, -0.1) is 0 Å². The topological polar surface area (TPSA) is 41.2 Å². The van der Waals surface area contributed by atoms with Crippen molar-refractivity contribution in [2.45, 2.75) is 64.4 Å². The van der Waals surface area contributed by atoms with E-state index in [0.29, 0.717) is 5.92 Å². The lowest BCUT2D eigenvalue weighted by Crippen LogP contribution is -2.42. The number of hydrogen-bond donors (Lipinski definition) is 1. The summed E-state index contributed by atoms with van der Waals surface area (Å²) < 4.78 is 5.85. The smallest absolute Gasteiger partial charge is 0.0629 e. The van der Waals surface area contributed by atoms with E-state index >= 15 is 0 Å². The first-order valence-corrected chi connectivity index (χ1v) is 8.96. The van der Waals surface area contributed by atoms with E-state index in [-0.39, 0.29) is 5.60 Å². The van der Waals surface area contributed by atoms with Crippen LogP contribution in [0.3, 0.4) is 0 Å². The first-order valence-electron chi connectivity index (χ1n) is 8.96. The average molecular weight is 305 g/mol. The highest BCUT2D eigenvalue weighted by molar-refractivity contribution is 5.21. The third kappa shape index (κ3) is 3.72. The molecule has 22 heavy (non-hydrogen) atoms. The fourth-order valence-electron chi connectivity index (χ4n) is 4.24. The average Bonchev–Trinajstić information content (AvgIpc) is 2.95. The fourth-order valence-corrected chi connectivity index (χ4v) is 4.24. The molecule has 0 spiro atoms. The van der Waals surface area contributed by atoms with E-state index in [9.17, 15) is 0 Å². The van der Waals surface area contributed by atoms with Crippen LogP contribution in [0.1, 0.15) is 63.6 Å². The first kappa shape index (κ1) is 16.0. The zero-order valence-electron chi connectivity index (χ0n) is 14.4. The highest BCUT2D eigenvalue weighted by Crippen LogP contribution is 2.32. The van der Waals surface area contributed by atoms with Gasteiger partial charge in [-0.3, -0.25) is 5.10 Å². The van der Waals surface area contributed by atoms with Gasteiger partial charge in [0.25, 0.3) is 0 Å².